The van der Waals surface area contributed by atoms with Gasteiger partial charge in [-0.1, -0.05) is 8.67 Å². The summed E-state index contributed by atoms with van der Waals surface area (Å²) in [5, 5.41) is 7.42. The third-order valence-electron chi connectivity index (χ3n) is 0.200. The van der Waals surface area contributed by atoms with Crippen molar-refractivity contribution < 1.29 is 44.5 Å². The molecule has 0 aromatic heterocycles. The summed E-state index contributed by atoms with van der Waals surface area (Å²) in [5.74, 6) is -0.833. The molecule has 0 fully saturated rings. The number of rotatable bonds is 3. The average molecular weight is 305 g/mol. The van der Waals surface area contributed by atoms with Crippen LogP contribution in [0.5, 0.6) is 0 Å². The van der Waals surface area contributed by atoms with Gasteiger partial charge in [0.15, 0.2) is 0 Å². The molecular weight excluding hydrogens is 290 g/mol. The summed E-state index contributed by atoms with van der Waals surface area (Å²) in [5.41, 5.74) is 0. The Morgan fingerprint density at radius 1 is 0.882 bits per heavy atom. The Labute approximate surface area is 97.3 Å². The predicted octanol–water partition coefficient (Wildman–Crippen LogP) is -0.883. The van der Waals surface area contributed by atoms with Gasteiger partial charge < -0.3 is 23.6 Å². The van der Waals surface area contributed by atoms with Crippen LogP contribution >= 0.6 is 0 Å². The topological polar surface area (TPSA) is 269 Å². The van der Waals surface area contributed by atoms with E-state index in [0.29, 0.717) is 0 Å². The molecule has 15 heteroatoms. The Kier molecular flexibility index (Phi) is 20.3. The third-order valence-corrected chi connectivity index (χ3v) is 0.766. The Morgan fingerprint density at radius 3 is 1.06 bits per heavy atom. The normalized spacial score (nSPS) is 9.35. The number of hydrogen-bond donors (Lipinski definition) is 6. The molecule has 0 spiro atoms. The van der Waals surface area contributed by atoms with Gasteiger partial charge in [-0.2, -0.15) is 16.8 Å². The molecule has 0 aliphatic carbocycles. The monoisotopic (exact) mass is 305 g/mol. The molecule has 0 unspecified atom stereocenters. The zero-order valence-electron chi connectivity index (χ0n) is 8.64. The number of carboxylic acid groups (broad SMARTS) is 1. The lowest BCUT2D eigenvalue weighted by Crippen LogP contribution is -2.10. The molecule has 13 nitrogen and oxygen atoms in total. The molecule has 17 heavy (non-hydrogen) atoms. The van der Waals surface area contributed by atoms with Crippen LogP contribution in [0.4, 0.5) is 0 Å². The Bertz CT molecular complexity index is 334. The number of aliphatic carboxylic acids is 1. The van der Waals surface area contributed by atoms with E-state index >= 15 is 0 Å². The second-order valence-electron chi connectivity index (χ2n) is 1.51. The molecule has 12 N–H and O–H groups in total. The standard InChI is InChI=1S/C2H4O2.3H3N.H2O8S2/c1-2(3)4;;;;1-9(2,3)7-8-10(4,5)6/h1H3,(H,3,4);3*1H3;(H,1,2,3)(H,4,5,6). The maximum absolute atomic E-state index is 9.51. The van der Waals surface area contributed by atoms with Crippen molar-refractivity contribution >= 4 is 26.8 Å². The van der Waals surface area contributed by atoms with Crippen molar-refractivity contribution in [2.45, 2.75) is 6.92 Å². The molecule has 0 aromatic carbocycles. The van der Waals surface area contributed by atoms with Crippen LogP contribution in [0.3, 0.4) is 0 Å². The van der Waals surface area contributed by atoms with E-state index in [2.05, 4.69) is 8.67 Å². The van der Waals surface area contributed by atoms with Gasteiger partial charge >= 0.3 is 20.8 Å². The van der Waals surface area contributed by atoms with Gasteiger partial charge in [0.1, 0.15) is 0 Å². The van der Waals surface area contributed by atoms with Crippen molar-refractivity contribution in [3.05, 3.63) is 0 Å². The third kappa shape index (κ3) is 69.7. The highest BCUT2D eigenvalue weighted by atomic mass is 32.3. The highest BCUT2D eigenvalue weighted by Crippen LogP contribution is 1.92. The number of carbonyl (C=O) groups is 1. The second kappa shape index (κ2) is 11.6. The van der Waals surface area contributed by atoms with E-state index in [1.807, 2.05) is 0 Å². The fraction of sp³-hybridized carbons (Fsp3) is 0.500. The first-order chi connectivity index (χ1) is 5.94. The van der Waals surface area contributed by atoms with E-state index in [-0.39, 0.29) is 18.5 Å². The van der Waals surface area contributed by atoms with Gasteiger partial charge in [-0.15, -0.1) is 0 Å². The predicted molar refractivity (Wildman–Crippen MR) is 53.6 cm³/mol. The molecule has 0 amide bonds. The molecule has 0 atom stereocenters. The van der Waals surface area contributed by atoms with Crippen LogP contribution in [0, 0.1) is 0 Å². The summed E-state index contributed by atoms with van der Waals surface area (Å²) in [7, 11) is -10.0. The highest BCUT2D eigenvalue weighted by Gasteiger charge is 2.13. The van der Waals surface area contributed by atoms with Gasteiger partial charge in [0.25, 0.3) is 5.97 Å². The van der Waals surface area contributed by atoms with Gasteiger partial charge in [-0.25, -0.2) is 0 Å². The largest absolute Gasteiger partial charge is 0.481 e. The van der Waals surface area contributed by atoms with Crippen LogP contribution in [0.1, 0.15) is 6.92 Å². The van der Waals surface area contributed by atoms with Crippen molar-refractivity contribution in [2.75, 3.05) is 0 Å². The lowest BCUT2D eigenvalue weighted by molar-refractivity contribution is -0.134. The summed E-state index contributed by atoms with van der Waals surface area (Å²) < 4.78 is 58.9. The SMILES string of the molecule is CC(=O)O.N.N.N.O=S(=O)(O)OOS(=O)(=O)O. The quantitative estimate of drug-likeness (QED) is 0.210. The molecule has 0 heterocycles. The molecule has 0 aliphatic heterocycles. The van der Waals surface area contributed by atoms with Crippen molar-refractivity contribution in [2.24, 2.45) is 0 Å². The van der Waals surface area contributed by atoms with Crippen LogP contribution in [0.25, 0.3) is 0 Å². The van der Waals surface area contributed by atoms with E-state index in [4.69, 9.17) is 19.0 Å². The van der Waals surface area contributed by atoms with Gasteiger partial charge in [-0.05, 0) is 0 Å². The van der Waals surface area contributed by atoms with Crippen LogP contribution < -0.4 is 18.5 Å². The van der Waals surface area contributed by atoms with Gasteiger partial charge in [0.2, 0.25) is 0 Å². The molecule has 110 valence electrons. The van der Waals surface area contributed by atoms with Gasteiger partial charge in [0.05, 0.1) is 0 Å². The maximum Gasteiger partial charge on any atom is 0.425 e. The minimum absolute atomic E-state index is 0. The second-order valence-corrected chi connectivity index (χ2v) is 3.49. The Balaban J connectivity index is -0.0000000607. The van der Waals surface area contributed by atoms with Crippen molar-refractivity contribution in [1.82, 2.24) is 18.5 Å². The van der Waals surface area contributed by atoms with Crippen LogP contribution in [0.2, 0.25) is 0 Å². The van der Waals surface area contributed by atoms with E-state index in [1.165, 1.54) is 0 Å². The first-order valence-electron chi connectivity index (χ1n) is 2.46. The van der Waals surface area contributed by atoms with E-state index in [1.54, 1.807) is 0 Å². The molecule has 0 bridgehead atoms. The summed E-state index contributed by atoms with van der Waals surface area (Å²) in [6, 6.07) is 0. The zero-order valence-corrected chi connectivity index (χ0v) is 10.3. The first-order valence-corrected chi connectivity index (χ1v) is 5.19. The molecule has 0 rings (SSSR count). The van der Waals surface area contributed by atoms with Gasteiger partial charge in [-0.3, -0.25) is 13.9 Å². The summed E-state index contributed by atoms with van der Waals surface area (Å²) in [4.78, 5) is 9.00. The molecule has 0 aromatic rings. The zero-order chi connectivity index (χ0) is 12.0. The fourth-order valence-corrected chi connectivity index (χ4v) is 0.632. The Hall–Kier alpha value is -0.910. The molecule has 0 radical (unpaired) electrons. The van der Waals surface area contributed by atoms with Crippen LogP contribution in [0.15, 0.2) is 0 Å². The molecule has 0 aliphatic rings. The summed E-state index contributed by atoms with van der Waals surface area (Å²) >= 11 is 0. The van der Waals surface area contributed by atoms with E-state index in [0.717, 1.165) is 6.92 Å². The van der Waals surface area contributed by atoms with Crippen molar-refractivity contribution in [1.29, 1.82) is 0 Å². The van der Waals surface area contributed by atoms with E-state index in [9.17, 15) is 16.8 Å². The van der Waals surface area contributed by atoms with Gasteiger partial charge in [0, 0.05) is 6.92 Å². The maximum atomic E-state index is 9.51. The summed E-state index contributed by atoms with van der Waals surface area (Å²) in [6.45, 7) is 1.08. The lowest BCUT2D eigenvalue weighted by atomic mass is 10.9. The smallest absolute Gasteiger partial charge is 0.425 e. The lowest BCUT2D eigenvalue weighted by Gasteiger charge is -1.92. The number of carboxylic acids is 1. The fourth-order valence-electron chi connectivity index (χ4n) is 0.0702. The minimum Gasteiger partial charge on any atom is -0.481 e. The Morgan fingerprint density at radius 2 is 1.00 bits per heavy atom. The summed E-state index contributed by atoms with van der Waals surface area (Å²) in [6.07, 6.45) is 0. The molecule has 0 saturated heterocycles. The van der Waals surface area contributed by atoms with E-state index < -0.39 is 26.8 Å². The minimum atomic E-state index is -5.02. The van der Waals surface area contributed by atoms with Crippen molar-refractivity contribution in [3.63, 3.8) is 0 Å². The molecular formula is C2H15N3O10S2. The van der Waals surface area contributed by atoms with Crippen LogP contribution in [-0.2, 0) is 34.3 Å². The highest BCUT2D eigenvalue weighted by molar-refractivity contribution is 7.83. The van der Waals surface area contributed by atoms with Crippen LogP contribution in [-0.4, -0.2) is 37.0 Å². The average Bonchev–Trinajstić information content (AvgIpc) is 1.79. The molecule has 0 saturated carbocycles. The number of hydrogen-bond acceptors (Lipinski definition) is 10. The first kappa shape index (κ1) is 29.8. The van der Waals surface area contributed by atoms with Crippen molar-refractivity contribution in [3.8, 4) is 0 Å².